The summed E-state index contributed by atoms with van der Waals surface area (Å²) < 4.78 is 0. The van der Waals surface area contributed by atoms with Gasteiger partial charge in [0.05, 0.1) is 5.92 Å². The number of hydrogen-bond acceptors (Lipinski definition) is 1. The molecule has 1 aromatic carbocycles. The summed E-state index contributed by atoms with van der Waals surface area (Å²) in [5.74, 6) is -1.18. The predicted molar refractivity (Wildman–Crippen MR) is 52.0 cm³/mol. The summed E-state index contributed by atoms with van der Waals surface area (Å²) in [6.07, 6.45) is 0. The van der Waals surface area contributed by atoms with Crippen LogP contribution in [-0.2, 0) is 4.79 Å². The molecule has 1 unspecified atom stereocenters. The monoisotopic (exact) mass is 178 g/mol. The van der Waals surface area contributed by atoms with Crippen LogP contribution in [0, 0.1) is 13.8 Å². The van der Waals surface area contributed by atoms with Crippen molar-refractivity contribution in [3.05, 3.63) is 34.9 Å². The lowest BCUT2D eigenvalue weighted by atomic mass is 9.92. The van der Waals surface area contributed by atoms with Gasteiger partial charge in [0, 0.05) is 0 Å². The molecule has 1 aromatic rings. The number of hydrogen-bond donors (Lipinski definition) is 1. The Labute approximate surface area is 78.2 Å². The second-order valence-electron chi connectivity index (χ2n) is 3.37. The molecule has 0 amide bonds. The van der Waals surface area contributed by atoms with Crippen molar-refractivity contribution in [2.24, 2.45) is 0 Å². The van der Waals surface area contributed by atoms with Crippen LogP contribution in [0.25, 0.3) is 0 Å². The number of carboxylic acid groups (broad SMARTS) is 1. The predicted octanol–water partition coefficient (Wildman–Crippen LogP) is 2.49. The Morgan fingerprint density at radius 2 is 1.77 bits per heavy atom. The zero-order valence-corrected chi connectivity index (χ0v) is 8.16. The molecule has 0 radical (unpaired) electrons. The highest BCUT2D eigenvalue weighted by molar-refractivity contribution is 5.76. The van der Waals surface area contributed by atoms with E-state index in [0.29, 0.717) is 0 Å². The minimum Gasteiger partial charge on any atom is -0.481 e. The molecule has 0 aliphatic carbocycles. The number of carboxylic acids is 1. The molecule has 70 valence electrons. The van der Waals surface area contributed by atoms with Crippen molar-refractivity contribution in [1.82, 2.24) is 0 Å². The van der Waals surface area contributed by atoms with Gasteiger partial charge in [0.25, 0.3) is 0 Å². The van der Waals surface area contributed by atoms with Gasteiger partial charge in [0.15, 0.2) is 0 Å². The summed E-state index contributed by atoms with van der Waals surface area (Å²) in [4.78, 5) is 10.8. The Hall–Kier alpha value is -1.31. The number of carbonyl (C=O) groups is 1. The van der Waals surface area contributed by atoms with E-state index >= 15 is 0 Å². The van der Waals surface area contributed by atoms with E-state index in [1.54, 1.807) is 6.92 Å². The molecular formula is C11H14O2. The van der Waals surface area contributed by atoms with E-state index in [1.165, 1.54) is 0 Å². The van der Waals surface area contributed by atoms with Crippen LogP contribution in [0.3, 0.4) is 0 Å². The van der Waals surface area contributed by atoms with Crippen molar-refractivity contribution in [1.29, 1.82) is 0 Å². The maximum atomic E-state index is 10.8. The topological polar surface area (TPSA) is 37.3 Å². The molecule has 1 rings (SSSR count). The number of benzene rings is 1. The Morgan fingerprint density at radius 3 is 2.15 bits per heavy atom. The minimum absolute atomic E-state index is 0.416. The van der Waals surface area contributed by atoms with Crippen molar-refractivity contribution < 1.29 is 9.90 Å². The van der Waals surface area contributed by atoms with Gasteiger partial charge in [-0.15, -0.1) is 0 Å². The maximum absolute atomic E-state index is 10.8. The molecule has 0 saturated carbocycles. The van der Waals surface area contributed by atoms with Crippen LogP contribution in [0.15, 0.2) is 18.2 Å². The van der Waals surface area contributed by atoms with Crippen LogP contribution >= 0.6 is 0 Å². The van der Waals surface area contributed by atoms with E-state index in [0.717, 1.165) is 16.7 Å². The lowest BCUT2D eigenvalue weighted by Crippen LogP contribution is -2.10. The molecule has 0 spiro atoms. The molecular weight excluding hydrogens is 164 g/mol. The Morgan fingerprint density at radius 1 is 1.31 bits per heavy atom. The van der Waals surface area contributed by atoms with Crippen LogP contribution < -0.4 is 0 Å². The highest BCUT2D eigenvalue weighted by Crippen LogP contribution is 2.23. The van der Waals surface area contributed by atoms with Crippen LogP contribution in [0.2, 0.25) is 0 Å². The van der Waals surface area contributed by atoms with Crippen molar-refractivity contribution in [3.63, 3.8) is 0 Å². The molecule has 1 N–H and O–H groups in total. The van der Waals surface area contributed by atoms with Gasteiger partial charge in [-0.05, 0) is 37.5 Å². The largest absolute Gasteiger partial charge is 0.481 e. The van der Waals surface area contributed by atoms with E-state index in [-0.39, 0.29) is 0 Å². The second-order valence-corrected chi connectivity index (χ2v) is 3.37. The second kappa shape index (κ2) is 3.60. The summed E-state index contributed by atoms with van der Waals surface area (Å²) in [6, 6.07) is 5.84. The highest BCUT2D eigenvalue weighted by Gasteiger charge is 2.17. The summed E-state index contributed by atoms with van der Waals surface area (Å²) in [5, 5.41) is 8.88. The smallest absolute Gasteiger partial charge is 0.310 e. The van der Waals surface area contributed by atoms with Crippen LogP contribution in [-0.4, -0.2) is 11.1 Å². The molecule has 0 aliphatic heterocycles. The third kappa shape index (κ3) is 1.89. The molecule has 0 saturated heterocycles. The Kier molecular flexibility index (Phi) is 2.71. The average molecular weight is 178 g/mol. The Balaban J connectivity index is 3.20. The molecule has 2 heteroatoms. The van der Waals surface area contributed by atoms with Gasteiger partial charge in [-0.1, -0.05) is 18.2 Å². The zero-order chi connectivity index (χ0) is 10.0. The molecule has 0 fully saturated rings. The van der Waals surface area contributed by atoms with Gasteiger partial charge < -0.3 is 5.11 Å². The number of aryl methyl sites for hydroxylation is 2. The van der Waals surface area contributed by atoms with E-state index in [9.17, 15) is 4.79 Å². The van der Waals surface area contributed by atoms with E-state index < -0.39 is 11.9 Å². The van der Waals surface area contributed by atoms with E-state index in [2.05, 4.69) is 0 Å². The SMILES string of the molecule is Cc1cccc(C)c1C(C)C(=O)O. The lowest BCUT2D eigenvalue weighted by molar-refractivity contribution is -0.138. The molecule has 0 heterocycles. The maximum Gasteiger partial charge on any atom is 0.310 e. The fourth-order valence-corrected chi connectivity index (χ4v) is 1.63. The third-order valence-electron chi connectivity index (χ3n) is 2.35. The zero-order valence-electron chi connectivity index (χ0n) is 8.16. The molecule has 0 aromatic heterocycles. The number of aliphatic carboxylic acids is 1. The van der Waals surface area contributed by atoms with Crippen LogP contribution in [0.4, 0.5) is 0 Å². The third-order valence-corrected chi connectivity index (χ3v) is 2.35. The first-order chi connectivity index (χ1) is 6.04. The average Bonchev–Trinajstić information content (AvgIpc) is 2.03. The molecule has 13 heavy (non-hydrogen) atoms. The summed E-state index contributed by atoms with van der Waals surface area (Å²) >= 11 is 0. The lowest BCUT2D eigenvalue weighted by Gasteiger charge is -2.13. The highest BCUT2D eigenvalue weighted by atomic mass is 16.4. The van der Waals surface area contributed by atoms with Gasteiger partial charge in [0.1, 0.15) is 0 Å². The van der Waals surface area contributed by atoms with Crippen molar-refractivity contribution in [2.75, 3.05) is 0 Å². The van der Waals surface area contributed by atoms with Gasteiger partial charge in [-0.25, -0.2) is 0 Å². The van der Waals surface area contributed by atoms with Crippen molar-refractivity contribution >= 4 is 5.97 Å². The molecule has 2 nitrogen and oxygen atoms in total. The molecule has 0 bridgehead atoms. The summed E-state index contributed by atoms with van der Waals surface area (Å²) in [5.41, 5.74) is 3.04. The van der Waals surface area contributed by atoms with Gasteiger partial charge in [-0.2, -0.15) is 0 Å². The van der Waals surface area contributed by atoms with Crippen molar-refractivity contribution in [3.8, 4) is 0 Å². The van der Waals surface area contributed by atoms with Crippen molar-refractivity contribution in [2.45, 2.75) is 26.7 Å². The van der Waals surface area contributed by atoms with E-state index in [4.69, 9.17) is 5.11 Å². The van der Waals surface area contributed by atoms with Crippen LogP contribution in [0.5, 0.6) is 0 Å². The summed E-state index contributed by atoms with van der Waals surface area (Å²) in [7, 11) is 0. The van der Waals surface area contributed by atoms with E-state index in [1.807, 2.05) is 32.0 Å². The standard InChI is InChI=1S/C11H14O2/c1-7-5-4-6-8(2)10(7)9(3)11(12)13/h4-6,9H,1-3H3,(H,12,13). The van der Waals surface area contributed by atoms with Gasteiger partial charge in [-0.3, -0.25) is 4.79 Å². The van der Waals surface area contributed by atoms with Crippen LogP contribution in [0.1, 0.15) is 29.5 Å². The first-order valence-corrected chi connectivity index (χ1v) is 4.33. The molecule has 1 atom stereocenters. The van der Waals surface area contributed by atoms with Gasteiger partial charge >= 0.3 is 5.97 Å². The van der Waals surface area contributed by atoms with Gasteiger partial charge in [0.2, 0.25) is 0 Å². The fraction of sp³-hybridized carbons (Fsp3) is 0.364. The number of rotatable bonds is 2. The molecule has 0 aliphatic rings. The quantitative estimate of drug-likeness (QED) is 0.755. The first-order valence-electron chi connectivity index (χ1n) is 4.33. The fourth-order valence-electron chi connectivity index (χ4n) is 1.63. The first kappa shape index (κ1) is 9.78. The Bertz CT molecular complexity index is 309. The normalized spacial score (nSPS) is 12.5. The summed E-state index contributed by atoms with van der Waals surface area (Å²) in [6.45, 7) is 5.61. The minimum atomic E-state index is -0.766.